The Morgan fingerprint density at radius 1 is 1.00 bits per heavy atom. The van der Waals surface area contributed by atoms with E-state index in [4.69, 9.17) is 4.74 Å². The van der Waals surface area contributed by atoms with Crippen LogP contribution in [0.25, 0.3) is 5.57 Å². The molecule has 2 aromatic rings. The quantitative estimate of drug-likeness (QED) is 0.625. The van der Waals surface area contributed by atoms with Gasteiger partial charge in [-0.25, -0.2) is 0 Å². The first-order chi connectivity index (χ1) is 12.3. The second-order valence-corrected chi connectivity index (χ2v) is 6.90. The molecule has 1 saturated carbocycles. The third-order valence-electron chi connectivity index (χ3n) is 5.64. The second-order valence-electron chi connectivity index (χ2n) is 6.90. The zero-order chi connectivity index (χ0) is 17.2. The van der Waals surface area contributed by atoms with E-state index >= 15 is 0 Å². The highest BCUT2D eigenvalue weighted by Crippen LogP contribution is 2.48. The second kappa shape index (κ2) is 6.75. The van der Waals surface area contributed by atoms with E-state index in [0.29, 0.717) is 0 Å². The number of hydrogen-bond donors (Lipinski definition) is 1. The van der Waals surface area contributed by atoms with E-state index in [1.807, 2.05) is 18.2 Å². The highest BCUT2D eigenvalue weighted by Gasteiger charge is 2.41. The highest BCUT2D eigenvalue weighted by atomic mass is 16.5. The number of methoxy groups -OCH3 is 1. The van der Waals surface area contributed by atoms with Crippen LogP contribution in [0.4, 0.5) is 0 Å². The summed E-state index contributed by atoms with van der Waals surface area (Å²) in [6.07, 6.45) is 5.71. The first kappa shape index (κ1) is 15.9. The van der Waals surface area contributed by atoms with Gasteiger partial charge in [0.15, 0.2) is 0 Å². The number of rotatable bonds is 3. The van der Waals surface area contributed by atoms with Gasteiger partial charge in [-0.05, 0) is 41.7 Å². The van der Waals surface area contributed by atoms with Gasteiger partial charge in [-0.2, -0.15) is 0 Å². The maximum absolute atomic E-state index is 9.75. The van der Waals surface area contributed by atoms with Crippen molar-refractivity contribution in [2.24, 2.45) is 17.0 Å². The molecule has 25 heavy (non-hydrogen) atoms. The molecule has 3 unspecified atom stereocenters. The fourth-order valence-electron chi connectivity index (χ4n) is 4.43. The van der Waals surface area contributed by atoms with Crippen LogP contribution in [0.5, 0.6) is 5.75 Å². The molecule has 3 atom stereocenters. The SMILES string of the molecule is COc1ccc(C2C=C(c3ccccc3)C3CCCC2C3=NO)cc1. The Morgan fingerprint density at radius 2 is 1.76 bits per heavy atom. The average molecular weight is 333 g/mol. The normalized spacial score (nSPS) is 27.0. The number of oxime groups is 1. The number of nitrogens with zero attached hydrogens (tertiary/aromatic N) is 1. The van der Waals surface area contributed by atoms with Crippen LogP contribution in [0.1, 0.15) is 36.3 Å². The minimum Gasteiger partial charge on any atom is -0.497 e. The summed E-state index contributed by atoms with van der Waals surface area (Å²) in [6, 6.07) is 18.8. The van der Waals surface area contributed by atoms with Gasteiger partial charge >= 0.3 is 0 Å². The van der Waals surface area contributed by atoms with Gasteiger partial charge < -0.3 is 9.94 Å². The van der Waals surface area contributed by atoms with Gasteiger partial charge in [0.25, 0.3) is 0 Å². The van der Waals surface area contributed by atoms with Gasteiger partial charge in [0, 0.05) is 17.8 Å². The maximum Gasteiger partial charge on any atom is 0.118 e. The minimum atomic E-state index is 0.237. The molecule has 0 spiro atoms. The topological polar surface area (TPSA) is 41.8 Å². The molecule has 0 aliphatic heterocycles. The van der Waals surface area contributed by atoms with Crippen LogP contribution >= 0.6 is 0 Å². The molecule has 1 N–H and O–H groups in total. The summed E-state index contributed by atoms with van der Waals surface area (Å²) in [5.74, 6) is 1.62. The van der Waals surface area contributed by atoms with Crippen LogP contribution in [0.15, 0.2) is 65.8 Å². The standard InChI is InChI=1S/C22H23NO2/c1-25-17-12-10-16(11-13-17)21-14-20(15-6-3-2-4-7-15)18-8-5-9-19(21)22(18)23-24/h2-4,6-7,10-14,18-19,21,24H,5,8-9H2,1H3. The molecule has 0 aromatic heterocycles. The lowest BCUT2D eigenvalue weighted by molar-refractivity contribution is 0.301. The molecule has 2 aromatic carbocycles. The van der Waals surface area contributed by atoms with Crippen LogP contribution in [0.3, 0.4) is 0 Å². The Balaban J connectivity index is 1.82. The fraction of sp³-hybridized carbons (Fsp3) is 0.318. The van der Waals surface area contributed by atoms with Crippen molar-refractivity contribution in [1.29, 1.82) is 0 Å². The summed E-state index contributed by atoms with van der Waals surface area (Å²) in [4.78, 5) is 0. The van der Waals surface area contributed by atoms with Gasteiger partial charge in [-0.15, -0.1) is 0 Å². The molecule has 2 bridgehead atoms. The Morgan fingerprint density at radius 3 is 2.44 bits per heavy atom. The van der Waals surface area contributed by atoms with Crippen LogP contribution < -0.4 is 4.74 Å². The van der Waals surface area contributed by atoms with Gasteiger partial charge in [0.2, 0.25) is 0 Å². The van der Waals surface area contributed by atoms with Crippen molar-refractivity contribution in [3.8, 4) is 5.75 Å². The van der Waals surface area contributed by atoms with E-state index in [-0.39, 0.29) is 17.8 Å². The number of hydrogen-bond acceptors (Lipinski definition) is 3. The summed E-state index contributed by atoms with van der Waals surface area (Å²) in [5, 5.41) is 13.5. The molecule has 0 heterocycles. The number of ether oxygens (including phenoxy) is 1. The predicted molar refractivity (Wildman–Crippen MR) is 100 cm³/mol. The molecule has 2 aliphatic carbocycles. The number of fused-ring (bicyclic) bond motifs is 2. The molecule has 3 heteroatoms. The molecule has 1 fully saturated rings. The van der Waals surface area contributed by atoms with Gasteiger partial charge in [-0.3, -0.25) is 0 Å². The monoisotopic (exact) mass is 333 g/mol. The number of allylic oxidation sites excluding steroid dienone is 2. The minimum absolute atomic E-state index is 0.237. The Bertz CT molecular complexity index is 793. The van der Waals surface area contributed by atoms with Crippen molar-refractivity contribution >= 4 is 11.3 Å². The largest absolute Gasteiger partial charge is 0.497 e. The van der Waals surface area contributed by atoms with Crippen LogP contribution in [0.2, 0.25) is 0 Å². The number of benzene rings is 2. The van der Waals surface area contributed by atoms with Crippen molar-refractivity contribution < 1.29 is 9.94 Å². The Kier molecular flexibility index (Phi) is 4.31. The molecule has 128 valence electrons. The molecule has 0 radical (unpaired) electrons. The molecule has 2 aliphatic rings. The summed E-state index contributed by atoms with van der Waals surface area (Å²) in [5.41, 5.74) is 4.73. The predicted octanol–water partition coefficient (Wildman–Crippen LogP) is 5.12. The fourth-order valence-corrected chi connectivity index (χ4v) is 4.43. The van der Waals surface area contributed by atoms with E-state index in [1.54, 1.807) is 7.11 Å². The molecular formula is C22H23NO2. The summed E-state index contributed by atoms with van der Waals surface area (Å²) in [7, 11) is 1.69. The van der Waals surface area contributed by atoms with Crippen molar-refractivity contribution in [3.05, 3.63) is 71.8 Å². The Hall–Kier alpha value is -2.55. The lowest BCUT2D eigenvalue weighted by Crippen LogP contribution is -2.36. The van der Waals surface area contributed by atoms with Crippen molar-refractivity contribution in [1.82, 2.24) is 0 Å². The third-order valence-corrected chi connectivity index (χ3v) is 5.64. The van der Waals surface area contributed by atoms with E-state index in [9.17, 15) is 5.21 Å². The van der Waals surface area contributed by atoms with E-state index in [2.05, 4.69) is 47.6 Å². The highest BCUT2D eigenvalue weighted by molar-refractivity contribution is 6.01. The smallest absolute Gasteiger partial charge is 0.118 e. The molecular weight excluding hydrogens is 310 g/mol. The lowest BCUT2D eigenvalue weighted by atomic mass is 9.63. The maximum atomic E-state index is 9.75. The zero-order valence-electron chi connectivity index (χ0n) is 14.4. The van der Waals surface area contributed by atoms with Gasteiger partial charge in [0.1, 0.15) is 5.75 Å². The van der Waals surface area contributed by atoms with Crippen LogP contribution in [0, 0.1) is 11.8 Å². The van der Waals surface area contributed by atoms with Crippen molar-refractivity contribution in [2.75, 3.05) is 7.11 Å². The van der Waals surface area contributed by atoms with E-state index < -0.39 is 0 Å². The summed E-state index contributed by atoms with van der Waals surface area (Å²) in [6.45, 7) is 0. The molecule has 0 amide bonds. The van der Waals surface area contributed by atoms with E-state index in [0.717, 1.165) is 24.3 Å². The summed E-state index contributed by atoms with van der Waals surface area (Å²) < 4.78 is 5.29. The van der Waals surface area contributed by atoms with Gasteiger partial charge in [-0.1, -0.05) is 60.1 Å². The average Bonchev–Trinajstić information content (AvgIpc) is 2.68. The first-order valence-corrected chi connectivity index (χ1v) is 8.94. The molecule has 3 nitrogen and oxygen atoms in total. The lowest BCUT2D eigenvalue weighted by Gasteiger charge is -2.40. The third kappa shape index (κ3) is 2.84. The Labute approximate surface area is 148 Å². The molecule has 0 saturated heterocycles. The van der Waals surface area contributed by atoms with Crippen molar-refractivity contribution in [3.63, 3.8) is 0 Å². The van der Waals surface area contributed by atoms with Crippen LogP contribution in [-0.2, 0) is 0 Å². The summed E-state index contributed by atoms with van der Waals surface area (Å²) >= 11 is 0. The van der Waals surface area contributed by atoms with Crippen LogP contribution in [-0.4, -0.2) is 18.0 Å². The van der Waals surface area contributed by atoms with Crippen molar-refractivity contribution in [2.45, 2.75) is 25.2 Å². The van der Waals surface area contributed by atoms with Gasteiger partial charge in [0.05, 0.1) is 12.8 Å². The molecule has 4 rings (SSSR count). The zero-order valence-corrected chi connectivity index (χ0v) is 14.4. The van der Waals surface area contributed by atoms with E-state index in [1.165, 1.54) is 23.1 Å². The first-order valence-electron chi connectivity index (χ1n) is 8.94.